The molecule has 0 aromatic carbocycles. The van der Waals surface area contributed by atoms with Crippen LogP contribution in [0, 0.1) is 0 Å². The molecular formula is C8H14N2O3S. The van der Waals surface area contributed by atoms with Crippen molar-refractivity contribution in [3.63, 3.8) is 0 Å². The predicted molar refractivity (Wildman–Crippen MR) is 54.5 cm³/mol. The monoisotopic (exact) mass is 218 g/mol. The van der Waals surface area contributed by atoms with Gasteiger partial charge in [0.1, 0.15) is 6.04 Å². The zero-order chi connectivity index (χ0) is 10.6. The van der Waals surface area contributed by atoms with Crippen LogP contribution >= 0.6 is 11.8 Å². The normalized spacial score (nSPS) is 18.8. The summed E-state index contributed by atoms with van der Waals surface area (Å²) in [6, 6.07) is -0.643. The second kappa shape index (κ2) is 5.09. The minimum atomic E-state index is -1.16. The van der Waals surface area contributed by atoms with Gasteiger partial charge in [0, 0.05) is 24.6 Å². The Bertz CT molecular complexity index is 229. The van der Waals surface area contributed by atoms with E-state index in [0.717, 1.165) is 24.6 Å². The minimum absolute atomic E-state index is 0.132. The number of rotatable bonds is 2. The quantitative estimate of drug-likeness (QED) is 0.695. The fourth-order valence-electron chi connectivity index (χ4n) is 1.30. The van der Waals surface area contributed by atoms with Gasteiger partial charge < -0.3 is 15.3 Å². The van der Waals surface area contributed by atoms with E-state index in [-0.39, 0.29) is 5.91 Å². The van der Waals surface area contributed by atoms with Gasteiger partial charge in [0.15, 0.2) is 0 Å². The number of hydrogen-bond donors (Lipinski definition) is 2. The van der Waals surface area contributed by atoms with Crippen molar-refractivity contribution < 1.29 is 14.7 Å². The van der Waals surface area contributed by atoms with E-state index in [4.69, 9.17) is 5.11 Å². The molecule has 0 aromatic rings. The van der Waals surface area contributed by atoms with E-state index in [1.165, 1.54) is 0 Å². The molecule has 0 aromatic heterocycles. The summed E-state index contributed by atoms with van der Waals surface area (Å²) in [5.41, 5.74) is 0. The maximum absolute atomic E-state index is 11.6. The highest BCUT2D eigenvalue weighted by Gasteiger charge is 2.22. The summed E-state index contributed by atoms with van der Waals surface area (Å²) in [6.45, 7) is 3.00. The molecule has 14 heavy (non-hydrogen) atoms. The SMILES string of the molecule is CC(NC(=O)O)C(=O)N1CCSCC1. The Labute approximate surface area is 86.8 Å². The molecule has 1 aliphatic rings. The Balaban J connectivity index is 2.42. The van der Waals surface area contributed by atoms with Crippen molar-refractivity contribution in [3.8, 4) is 0 Å². The van der Waals surface area contributed by atoms with Gasteiger partial charge in [-0.2, -0.15) is 11.8 Å². The van der Waals surface area contributed by atoms with Crippen molar-refractivity contribution in [2.75, 3.05) is 24.6 Å². The van der Waals surface area contributed by atoms with Crippen LogP contribution in [-0.2, 0) is 4.79 Å². The molecule has 1 saturated heterocycles. The van der Waals surface area contributed by atoms with E-state index in [9.17, 15) is 9.59 Å². The Kier molecular flexibility index (Phi) is 4.06. The first-order valence-corrected chi connectivity index (χ1v) is 5.62. The molecule has 0 bridgehead atoms. The highest BCUT2D eigenvalue weighted by Crippen LogP contribution is 2.10. The molecule has 6 heteroatoms. The van der Waals surface area contributed by atoms with E-state index in [2.05, 4.69) is 5.32 Å². The van der Waals surface area contributed by atoms with E-state index < -0.39 is 12.1 Å². The van der Waals surface area contributed by atoms with Crippen LogP contribution in [-0.4, -0.2) is 52.6 Å². The number of nitrogens with one attached hydrogen (secondary N) is 1. The third-order valence-electron chi connectivity index (χ3n) is 2.03. The van der Waals surface area contributed by atoms with Crippen LogP contribution in [0.5, 0.6) is 0 Å². The van der Waals surface area contributed by atoms with E-state index in [1.807, 2.05) is 11.8 Å². The van der Waals surface area contributed by atoms with Gasteiger partial charge >= 0.3 is 6.09 Å². The van der Waals surface area contributed by atoms with Crippen molar-refractivity contribution >= 4 is 23.8 Å². The Hall–Kier alpha value is -0.910. The maximum atomic E-state index is 11.6. The van der Waals surface area contributed by atoms with Gasteiger partial charge in [0.05, 0.1) is 0 Å². The zero-order valence-electron chi connectivity index (χ0n) is 8.02. The maximum Gasteiger partial charge on any atom is 0.405 e. The summed E-state index contributed by atoms with van der Waals surface area (Å²) in [4.78, 5) is 23.6. The van der Waals surface area contributed by atoms with Crippen LogP contribution in [0.1, 0.15) is 6.92 Å². The predicted octanol–water partition coefficient (Wildman–Crippen LogP) is 0.218. The zero-order valence-corrected chi connectivity index (χ0v) is 8.84. The van der Waals surface area contributed by atoms with Gasteiger partial charge in [0.25, 0.3) is 0 Å². The lowest BCUT2D eigenvalue weighted by molar-refractivity contribution is -0.132. The average Bonchev–Trinajstić information content (AvgIpc) is 2.17. The summed E-state index contributed by atoms with van der Waals surface area (Å²) < 4.78 is 0. The van der Waals surface area contributed by atoms with Crippen LogP contribution in [0.4, 0.5) is 4.79 Å². The molecule has 2 N–H and O–H groups in total. The first-order chi connectivity index (χ1) is 6.61. The van der Waals surface area contributed by atoms with E-state index >= 15 is 0 Å². The molecule has 1 unspecified atom stereocenters. The van der Waals surface area contributed by atoms with Crippen molar-refractivity contribution in [3.05, 3.63) is 0 Å². The third kappa shape index (κ3) is 3.10. The number of nitrogens with zero attached hydrogens (tertiary/aromatic N) is 1. The molecule has 1 heterocycles. The fraction of sp³-hybridized carbons (Fsp3) is 0.750. The Morgan fingerprint density at radius 2 is 2.00 bits per heavy atom. The van der Waals surface area contributed by atoms with Crippen LogP contribution in [0.25, 0.3) is 0 Å². The molecule has 1 aliphatic heterocycles. The van der Waals surface area contributed by atoms with Gasteiger partial charge in [-0.15, -0.1) is 0 Å². The van der Waals surface area contributed by atoms with Crippen LogP contribution in [0.3, 0.4) is 0 Å². The van der Waals surface area contributed by atoms with Gasteiger partial charge in [-0.05, 0) is 6.92 Å². The molecule has 1 atom stereocenters. The summed E-state index contributed by atoms with van der Waals surface area (Å²) in [6.07, 6.45) is -1.16. The van der Waals surface area contributed by atoms with Gasteiger partial charge in [-0.1, -0.05) is 0 Å². The topological polar surface area (TPSA) is 69.6 Å². The highest BCUT2D eigenvalue weighted by molar-refractivity contribution is 7.99. The standard InChI is InChI=1S/C8H14N2O3S/c1-6(9-8(12)13)7(11)10-2-4-14-5-3-10/h6,9H,2-5H2,1H3,(H,12,13). The Morgan fingerprint density at radius 1 is 1.43 bits per heavy atom. The van der Waals surface area contributed by atoms with Crippen LogP contribution in [0.15, 0.2) is 0 Å². The minimum Gasteiger partial charge on any atom is -0.465 e. The smallest absolute Gasteiger partial charge is 0.405 e. The molecule has 2 amide bonds. The van der Waals surface area contributed by atoms with Crippen molar-refractivity contribution in [2.45, 2.75) is 13.0 Å². The lowest BCUT2D eigenvalue weighted by atomic mass is 10.3. The van der Waals surface area contributed by atoms with Crippen molar-refractivity contribution in [1.29, 1.82) is 0 Å². The lowest BCUT2D eigenvalue weighted by Gasteiger charge is -2.28. The van der Waals surface area contributed by atoms with Gasteiger partial charge in [0.2, 0.25) is 5.91 Å². The molecule has 0 saturated carbocycles. The summed E-state index contributed by atoms with van der Waals surface area (Å²) >= 11 is 1.81. The van der Waals surface area contributed by atoms with Crippen molar-refractivity contribution in [1.82, 2.24) is 10.2 Å². The number of amides is 2. The molecular weight excluding hydrogens is 204 g/mol. The Morgan fingerprint density at radius 3 is 2.50 bits per heavy atom. The largest absolute Gasteiger partial charge is 0.465 e. The number of thioether (sulfide) groups is 1. The lowest BCUT2D eigenvalue weighted by Crippen LogP contribution is -2.49. The molecule has 1 rings (SSSR count). The molecule has 0 spiro atoms. The van der Waals surface area contributed by atoms with Gasteiger partial charge in [-0.3, -0.25) is 4.79 Å². The third-order valence-corrected chi connectivity index (χ3v) is 2.98. The summed E-state index contributed by atoms with van der Waals surface area (Å²) in [7, 11) is 0. The summed E-state index contributed by atoms with van der Waals surface area (Å²) in [5.74, 6) is 1.74. The number of hydrogen-bond acceptors (Lipinski definition) is 3. The summed E-state index contributed by atoms with van der Waals surface area (Å²) in [5, 5.41) is 10.6. The number of carbonyl (C=O) groups excluding carboxylic acids is 1. The second-order valence-corrected chi connectivity index (χ2v) is 4.33. The van der Waals surface area contributed by atoms with Gasteiger partial charge in [-0.25, -0.2) is 4.79 Å². The molecule has 1 fully saturated rings. The molecule has 5 nitrogen and oxygen atoms in total. The molecule has 80 valence electrons. The second-order valence-electron chi connectivity index (χ2n) is 3.11. The van der Waals surface area contributed by atoms with E-state index in [0.29, 0.717) is 0 Å². The first-order valence-electron chi connectivity index (χ1n) is 4.47. The van der Waals surface area contributed by atoms with Crippen molar-refractivity contribution in [2.24, 2.45) is 0 Å². The number of carbonyl (C=O) groups is 2. The molecule has 0 radical (unpaired) electrons. The number of carboxylic acid groups (broad SMARTS) is 1. The van der Waals surface area contributed by atoms with Crippen LogP contribution in [0.2, 0.25) is 0 Å². The van der Waals surface area contributed by atoms with Crippen LogP contribution < -0.4 is 5.32 Å². The fourth-order valence-corrected chi connectivity index (χ4v) is 2.21. The molecule has 0 aliphatic carbocycles. The first kappa shape index (κ1) is 11.2. The van der Waals surface area contributed by atoms with E-state index in [1.54, 1.807) is 11.8 Å². The average molecular weight is 218 g/mol. The highest BCUT2D eigenvalue weighted by atomic mass is 32.2.